The van der Waals surface area contributed by atoms with Gasteiger partial charge in [-0.3, -0.25) is 4.99 Å². The fourth-order valence-electron chi connectivity index (χ4n) is 5.20. The SMILES string of the molecule is CC1(C)CC([C@H](N=C(c2ccccc2)c2ccccc2)C(=O)OCc2ccccc2)CC(C)(C)O1. The van der Waals surface area contributed by atoms with Gasteiger partial charge in [0.15, 0.2) is 6.04 Å². The van der Waals surface area contributed by atoms with Crippen LogP contribution in [0.4, 0.5) is 0 Å². The van der Waals surface area contributed by atoms with Crippen LogP contribution in [-0.2, 0) is 20.9 Å². The molecule has 0 unspecified atom stereocenters. The zero-order chi connectivity index (χ0) is 24.9. The lowest BCUT2D eigenvalue weighted by atomic mass is 9.77. The van der Waals surface area contributed by atoms with Crippen LogP contribution in [0.3, 0.4) is 0 Å². The van der Waals surface area contributed by atoms with Crippen LogP contribution in [0.2, 0.25) is 0 Å². The zero-order valence-electron chi connectivity index (χ0n) is 21.1. The van der Waals surface area contributed by atoms with Crippen molar-refractivity contribution in [3.63, 3.8) is 0 Å². The smallest absolute Gasteiger partial charge is 0.331 e. The third kappa shape index (κ3) is 6.67. The van der Waals surface area contributed by atoms with Crippen molar-refractivity contribution in [1.29, 1.82) is 0 Å². The molecule has 182 valence electrons. The molecule has 35 heavy (non-hydrogen) atoms. The van der Waals surface area contributed by atoms with E-state index in [-0.39, 0.29) is 29.7 Å². The van der Waals surface area contributed by atoms with Crippen LogP contribution >= 0.6 is 0 Å². The lowest BCUT2D eigenvalue weighted by molar-refractivity contribution is -0.180. The highest BCUT2D eigenvalue weighted by molar-refractivity contribution is 6.13. The van der Waals surface area contributed by atoms with Crippen LogP contribution in [-0.4, -0.2) is 28.9 Å². The molecule has 4 rings (SSSR count). The van der Waals surface area contributed by atoms with Crippen LogP contribution in [0, 0.1) is 5.92 Å². The molecular weight excluding hydrogens is 434 g/mol. The van der Waals surface area contributed by atoms with Crippen molar-refractivity contribution in [1.82, 2.24) is 0 Å². The van der Waals surface area contributed by atoms with E-state index in [1.165, 1.54) is 0 Å². The molecule has 4 nitrogen and oxygen atoms in total. The summed E-state index contributed by atoms with van der Waals surface area (Å²) in [6, 6.07) is 29.3. The second-order valence-corrected chi connectivity index (χ2v) is 10.5. The number of carbonyl (C=O) groups excluding carboxylic acids is 1. The summed E-state index contributed by atoms with van der Waals surface area (Å²) in [7, 11) is 0. The molecular formula is C31H35NO3. The minimum Gasteiger partial charge on any atom is -0.459 e. The molecule has 1 fully saturated rings. The van der Waals surface area contributed by atoms with Crippen molar-refractivity contribution >= 4 is 11.7 Å². The van der Waals surface area contributed by atoms with Gasteiger partial charge in [-0.25, -0.2) is 4.79 Å². The van der Waals surface area contributed by atoms with Gasteiger partial charge in [0.05, 0.1) is 16.9 Å². The van der Waals surface area contributed by atoms with E-state index >= 15 is 0 Å². The third-order valence-corrected chi connectivity index (χ3v) is 6.33. The van der Waals surface area contributed by atoms with Gasteiger partial charge in [0.1, 0.15) is 6.61 Å². The summed E-state index contributed by atoms with van der Waals surface area (Å²) in [5, 5.41) is 0. The number of aliphatic imine (C=N–C) groups is 1. The Bertz CT molecular complexity index is 1080. The molecule has 0 saturated carbocycles. The van der Waals surface area contributed by atoms with Crippen molar-refractivity contribution < 1.29 is 14.3 Å². The van der Waals surface area contributed by atoms with Crippen molar-refractivity contribution in [3.8, 4) is 0 Å². The summed E-state index contributed by atoms with van der Waals surface area (Å²) in [6.07, 6.45) is 1.45. The number of nitrogens with zero attached hydrogens (tertiary/aromatic N) is 1. The van der Waals surface area contributed by atoms with Crippen LogP contribution < -0.4 is 0 Å². The predicted molar refractivity (Wildman–Crippen MR) is 141 cm³/mol. The molecule has 1 aliphatic rings. The number of ether oxygens (including phenoxy) is 2. The number of hydrogen-bond donors (Lipinski definition) is 0. The topological polar surface area (TPSA) is 47.9 Å². The van der Waals surface area contributed by atoms with Gasteiger partial charge in [0, 0.05) is 11.1 Å². The van der Waals surface area contributed by atoms with E-state index in [0.29, 0.717) is 0 Å². The Morgan fingerprint density at radius 2 is 1.29 bits per heavy atom. The molecule has 0 N–H and O–H groups in total. The normalized spacial score (nSPS) is 17.8. The van der Waals surface area contributed by atoms with Gasteiger partial charge in [0.25, 0.3) is 0 Å². The van der Waals surface area contributed by atoms with E-state index in [9.17, 15) is 4.79 Å². The summed E-state index contributed by atoms with van der Waals surface area (Å²) in [5.41, 5.74) is 2.99. The molecule has 1 aliphatic heterocycles. The van der Waals surface area contributed by atoms with E-state index in [1.54, 1.807) is 0 Å². The first-order valence-electron chi connectivity index (χ1n) is 12.3. The van der Waals surface area contributed by atoms with Crippen molar-refractivity contribution in [3.05, 3.63) is 108 Å². The molecule has 0 aliphatic carbocycles. The van der Waals surface area contributed by atoms with E-state index < -0.39 is 6.04 Å². The molecule has 0 amide bonds. The average Bonchev–Trinajstić information content (AvgIpc) is 2.83. The van der Waals surface area contributed by atoms with Gasteiger partial charge in [-0.15, -0.1) is 0 Å². The number of esters is 1. The fourth-order valence-corrected chi connectivity index (χ4v) is 5.20. The Morgan fingerprint density at radius 3 is 1.77 bits per heavy atom. The lowest BCUT2D eigenvalue weighted by Gasteiger charge is -2.46. The van der Waals surface area contributed by atoms with E-state index in [1.807, 2.05) is 91.0 Å². The van der Waals surface area contributed by atoms with E-state index in [2.05, 4.69) is 27.7 Å². The first-order valence-corrected chi connectivity index (χ1v) is 12.3. The zero-order valence-corrected chi connectivity index (χ0v) is 21.1. The first kappa shape index (κ1) is 24.9. The summed E-state index contributed by atoms with van der Waals surface area (Å²) in [5.74, 6) is -0.309. The Kier molecular flexibility index (Phi) is 7.51. The molecule has 1 saturated heterocycles. The van der Waals surface area contributed by atoms with E-state index in [0.717, 1.165) is 35.2 Å². The highest BCUT2D eigenvalue weighted by Gasteiger charge is 2.44. The van der Waals surface area contributed by atoms with Crippen molar-refractivity contribution in [2.75, 3.05) is 0 Å². The fraction of sp³-hybridized carbons (Fsp3) is 0.355. The molecule has 0 radical (unpaired) electrons. The first-order chi connectivity index (χ1) is 16.7. The molecule has 0 aromatic heterocycles. The average molecular weight is 470 g/mol. The highest BCUT2D eigenvalue weighted by Crippen LogP contribution is 2.41. The largest absolute Gasteiger partial charge is 0.459 e. The minimum absolute atomic E-state index is 0.0144. The van der Waals surface area contributed by atoms with Gasteiger partial charge in [-0.1, -0.05) is 91.0 Å². The predicted octanol–water partition coefficient (Wildman–Crippen LogP) is 6.62. The van der Waals surface area contributed by atoms with E-state index in [4.69, 9.17) is 14.5 Å². The van der Waals surface area contributed by atoms with Crippen LogP contribution in [0.25, 0.3) is 0 Å². The van der Waals surface area contributed by atoms with Gasteiger partial charge in [-0.05, 0) is 52.0 Å². The highest BCUT2D eigenvalue weighted by atomic mass is 16.5. The number of carbonyl (C=O) groups is 1. The monoisotopic (exact) mass is 469 g/mol. The molecule has 0 bridgehead atoms. The van der Waals surface area contributed by atoms with Crippen LogP contribution in [0.1, 0.15) is 57.2 Å². The lowest BCUT2D eigenvalue weighted by Crippen LogP contribution is -2.49. The third-order valence-electron chi connectivity index (χ3n) is 6.33. The number of benzene rings is 3. The molecule has 0 spiro atoms. The van der Waals surface area contributed by atoms with Gasteiger partial charge < -0.3 is 9.47 Å². The molecule has 4 heteroatoms. The molecule has 3 aromatic rings. The van der Waals surface area contributed by atoms with Crippen LogP contribution in [0.5, 0.6) is 0 Å². The molecule has 1 heterocycles. The number of hydrogen-bond acceptors (Lipinski definition) is 4. The Morgan fingerprint density at radius 1 is 0.829 bits per heavy atom. The molecule has 3 aromatic carbocycles. The second-order valence-electron chi connectivity index (χ2n) is 10.5. The molecule has 1 atom stereocenters. The van der Waals surface area contributed by atoms with Gasteiger partial charge in [0.2, 0.25) is 0 Å². The quantitative estimate of drug-likeness (QED) is 0.289. The summed E-state index contributed by atoms with van der Waals surface area (Å²) in [4.78, 5) is 18.8. The van der Waals surface area contributed by atoms with Gasteiger partial charge in [-0.2, -0.15) is 0 Å². The second kappa shape index (κ2) is 10.6. The van der Waals surface area contributed by atoms with Crippen molar-refractivity contribution in [2.24, 2.45) is 10.9 Å². The summed E-state index contributed by atoms with van der Waals surface area (Å²) in [6.45, 7) is 8.59. The van der Waals surface area contributed by atoms with Gasteiger partial charge >= 0.3 is 5.97 Å². The van der Waals surface area contributed by atoms with Crippen molar-refractivity contribution in [2.45, 2.75) is 64.4 Å². The Balaban J connectivity index is 1.74. The Hall–Kier alpha value is -3.24. The standard InChI is InChI=1S/C31H35NO3/c1-30(2)20-26(21-31(3,4)35-30)28(29(33)34-22-23-14-8-5-9-15-23)32-27(24-16-10-6-11-17-24)25-18-12-7-13-19-25/h5-19,26,28H,20-22H2,1-4H3/t28-/m0/s1. The van der Waals surface area contributed by atoms with Crippen LogP contribution in [0.15, 0.2) is 96.0 Å². The summed E-state index contributed by atoms with van der Waals surface area (Å²) < 4.78 is 12.2. The maximum atomic E-state index is 13.7. The maximum absolute atomic E-state index is 13.7. The number of rotatable bonds is 7. The summed E-state index contributed by atoms with van der Waals surface area (Å²) >= 11 is 0. The minimum atomic E-state index is -0.642. The maximum Gasteiger partial charge on any atom is 0.331 e. The Labute approximate surface area is 209 Å².